The molecule has 11 nitrogen and oxygen atoms in total. The van der Waals surface area contributed by atoms with Gasteiger partial charge in [-0.25, -0.2) is 4.57 Å². The van der Waals surface area contributed by atoms with Gasteiger partial charge in [0.15, 0.2) is 6.10 Å². The number of allylic oxidation sites excluding steroid dienone is 5. The number of aryl methyl sites for hydroxylation is 2. The van der Waals surface area contributed by atoms with Crippen molar-refractivity contribution in [3.8, 4) is 0 Å². The first kappa shape index (κ1) is 52.5. The number of rotatable bonds is 37. The van der Waals surface area contributed by atoms with Crippen LogP contribution in [0.2, 0.25) is 0 Å². The van der Waals surface area contributed by atoms with Crippen molar-refractivity contribution < 1.29 is 47.1 Å². The van der Waals surface area contributed by atoms with Gasteiger partial charge in [0.2, 0.25) is 0 Å². The summed E-state index contributed by atoms with van der Waals surface area (Å²) in [6.45, 7) is 7.78. The largest absolute Gasteiger partial charge is 0.472 e. The number of hydrogen-bond donors (Lipinski definition) is 3. The molecule has 0 spiro atoms. The van der Waals surface area contributed by atoms with E-state index in [0.717, 1.165) is 89.2 Å². The summed E-state index contributed by atoms with van der Waals surface area (Å²) in [6.07, 6.45) is 31.6. The molecule has 0 aliphatic carbocycles. The lowest BCUT2D eigenvalue weighted by Gasteiger charge is -2.19. The van der Waals surface area contributed by atoms with E-state index >= 15 is 0 Å². The van der Waals surface area contributed by atoms with E-state index in [1.54, 1.807) is 6.08 Å². The van der Waals surface area contributed by atoms with Gasteiger partial charge < -0.3 is 29.6 Å². The number of carbonyl (C=O) groups excluding carboxylic acids is 2. The number of hydrogen-bond acceptors (Lipinski definition) is 10. The zero-order chi connectivity index (χ0) is 42.0. The van der Waals surface area contributed by atoms with E-state index in [0.29, 0.717) is 19.3 Å². The molecule has 1 rings (SSSR count). The molecule has 4 N–H and O–H groups in total. The molecule has 1 heterocycles. The predicted molar refractivity (Wildman–Crippen MR) is 229 cm³/mol. The zero-order valence-electron chi connectivity index (χ0n) is 35.9. The third-order valence-corrected chi connectivity index (χ3v) is 10.8. The summed E-state index contributed by atoms with van der Waals surface area (Å²) in [5, 5.41) is 10.1. The van der Waals surface area contributed by atoms with Gasteiger partial charge in [0.05, 0.1) is 19.3 Å². The van der Waals surface area contributed by atoms with Crippen LogP contribution in [0.4, 0.5) is 0 Å². The molecule has 0 saturated heterocycles. The number of carbonyl (C=O) groups is 2. The lowest BCUT2D eigenvalue weighted by atomic mass is 10.0. The molecule has 0 amide bonds. The standard InChI is InChI=1S/C45H78NO10P/c1-5-7-9-10-13-17-23-28-40(47)29-24-18-16-21-27-33-45(49)55-41(37-54-57(50,51)53-35-34-46)36-52-44(48)32-26-20-15-12-11-14-19-25-31-43-39(4)38(3)42(56-43)30-22-8-6-2/h7,9,13,17,23,28,40-41,47H,5-6,8,10-12,14-16,18-22,24-27,29-37,46H2,1-4H3,(H,50,51)/b9-7+,17-13+,28-23+/t40?,41-/m1/s1. The van der Waals surface area contributed by atoms with Crippen molar-refractivity contribution in [1.82, 2.24) is 0 Å². The second kappa shape index (κ2) is 34.3. The van der Waals surface area contributed by atoms with Crippen LogP contribution in [0.25, 0.3) is 0 Å². The summed E-state index contributed by atoms with van der Waals surface area (Å²) < 4.78 is 39.0. The first-order valence-electron chi connectivity index (χ1n) is 21.9. The highest BCUT2D eigenvalue weighted by molar-refractivity contribution is 7.47. The monoisotopic (exact) mass is 824 g/mol. The van der Waals surface area contributed by atoms with Crippen molar-refractivity contribution in [3.05, 3.63) is 59.1 Å². The van der Waals surface area contributed by atoms with E-state index in [2.05, 4.69) is 39.8 Å². The molecule has 328 valence electrons. The lowest BCUT2D eigenvalue weighted by Crippen LogP contribution is -2.29. The van der Waals surface area contributed by atoms with Gasteiger partial charge in [-0.15, -0.1) is 0 Å². The molecule has 57 heavy (non-hydrogen) atoms. The fourth-order valence-electron chi connectivity index (χ4n) is 6.29. The molecule has 0 aliphatic heterocycles. The van der Waals surface area contributed by atoms with Crippen molar-refractivity contribution in [3.63, 3.8) is 0 Å². The fourth-order valence-corrected chi connectivity index (χ4v) is 7.06. The minimum absolute atomic E-state index is 0.0303. The maximum atomic E-state index is 12.6. The highest BCUT2D eigenvalue weighted by Crippen LogP contribution is 2.43. The number of ether oxygens (including phenoxy) is 2. The van der Waals surface area contributed by atoms with Crippen LogP contribution >= 0.6 is 7.82 Å². The van der Waals surface area contributed by atoms with Crippen molar-refractivity contribution >= 4 is 19.8 Å². The summed E-state index contributed by atoms with van der Waals surface area (Å²) in [4.78, 5) is 35.0. The van der Waals surface area contributed by atoms with Gasteiger partial charge in [0.25, 0.3) is 0 Å². The smallest absolute Gasteiger partial charge is 0.466 e. The Labute approximate surface area is 344 Å². The molecule has 2 unspecified atom stereocenters. The van der Waals surface area contributed by atoms with Gasteiger partial charge in [-0.3, -0.25) is 18.6 Å². The minimum Gasteiger partial charge on any atom is -0.466 e. The maximum absolute atomic E-state index is 12.6. The molecule has 12 heteroatoms. The Balaban J connectivity index is 2.29. The van der Waals surface area contributed by atoms with Crippen molar-refractivity contribution in [2.24, 2.45) is 5.73 Å². The number of aliphatic hydroxyl groups is 1. The molecule has 0 aromatic carbocycles. The molecule has 0 bridgehead atoms. The van der Waals surface area contributed by atoms with Gasteiger partial charge >= 0.3 is 19.8 Å². The van der Waals surface area contributed by atoms with E-state index in [1.165, 1.54) is 49.0 Å². The summed E-state index contributed by atoms with van der Waals surface area (Å²) in [5.41, 5.74) is 7.99. The number of phosphoric acid groups is 1. The van der Waals surface area contributed by atoms with Crippen LogP contribution in [0.1, 0.15) is 171 Å². The van der Waals surface area contributed by atoms with Crippen LogP contribution in [0, 0.1) is 13.8 Å². The number of nitrogens with two attached hydrogens (primary N) is 1. The van der Waals surface area contributed by atoms with Crippen molar-refractivity contribution in [2.45, 2.75) is 188 Å². The van der Waals surface area contributed by atoms with E-state index in [4.69, 9.17) is 28.7 Å². The average Bonchev–Trinajstić information content (AvgIpc) is 3.45. The summed E-state index contributed by atoms with van der Waals surface area (Å²) in [6, 6.07) is 0. The van der Waals surface area contributed by atoms with E-state index in [1.807, 2.05) is 18.2 Å². The number of furan rings is 1. The van der Waals surface area contributed by atoms with Crippen LogP contribution in [-0.2, 0) is 45.5 Å². The first-order valence-corrected chi connectivity index (χ1v) is 23.4. The number of aliphatic hydroxyl groups excluding tert-OH is 1. The second-order valence-electron chi connectivity index (χ2n) is 15.0. The Kier molecular flexibility index (Phi) is 31.6. The fraction of sp³-hybridized carbons (Fsp3) is 0.733. The summed E-state index contributed by atoms with van der Waals surface area (Å²) >= 11 is 0. The number of unbranched alkanes of at least 4 members (excludes halogenated alkanes) is 13. The Morgan fingerprint density at radius 3 is 1.93 bits per heavy atom. The van der Waals surface area contributed by atoms with Crippen molar-refractivity contribution in [2.75, 3.05) is 26.4 Å². The van der Waals surface area contributed by atoms with Crippen LogP contribution in [-0.4, -0.2) is 60.5 Å². The molecule has 0 saturated carbocycles. The van der Waals surface area contributed by atoms with E-state index in [-0.39, 0.29) is 32.6 Å². The quantitative estimate of drug-likeness (QED) is 0.0192. The Hall–Kier alpha value is -2.53. The molecular weight excluding hydrogens is 745 g/mol. The Bertz CT molecular complexity index is 1320. The zero-order valence-corrected chi connectivity index (χ0v) is 36.8. The van der Waals surface area contributed by atoms with Gasteiger partial charge in [-0.2, -0.15) is 0 Å². The van der Waals surface area contributed by atoms with Crippen LogP contribution < -0.4 is 5.73 Å². The minimum atomic E-state index is -4.42. The highest BCUT2D eigenvalue weighted by atomic mass is 31.2. The number of esters is 2. The highest BCUT2D eigenvalue weighted by Gasteiger charge is 2.26. The average molecular weight is 824 g/mol. The van der Waals surface area contributed by atoms with Crippen LogP contribution in [0.5, 0.6) is 0 Å². The predicted octanol–water partition coefficient (Wildman–Crippen LogP) is 10.8. The molecule has 0 radical (unpaired) electrons. The lowest BCUT2D eigenvalue weighted by molar-refractivity contribution is -0.161. The molecule has 1 aromatic rings. The molecule has 0 aliphatic rings. The first-order chi connectivity index (χ1) is 27.5. The topological polar surface area (TPSA) is 168 Å². The second-order valence-corrected chi connectivity index (χ2v) is 16.4. The Morgan fingerprint density at radius 1 is 0.737 bits per heavy atom. The number of phosphoric ester groups is 1. The van der Waals surface area contributed by atoms with Gasteiger partial charge in [-0.1, -0.05) is 127 Å². The molecule has 0 fully saturated rings. The molecule has 1 aromatic heterocycles. The van der Waals surface area contributed by atoms with E-state index in [9.17, 15) is 24.2 Å². The summed E-state index contributed by atoms with van der Waals surface area (Å²) in [7, 11) is -4.42. The van der Waals surface area contributed by atoms with Gasteiger partial charge in [-0.05, 0) is 69.9 Å². The summed E-state index contributed by atoms with van der Waals surface area (Å²) in [5.74, 6) is 1.40. The van der Waals surface area contributed by atoms with Crippen LogP contribution in [0.15, 0.2) is 40.9 Å². The molecule has 3 atom stereocenters. The molecular formula is C45H78NO10P. The maximum Gasteiger partial charge on any atom is 0.472 e. The SMILES string of the molecule is CC/C=C/C/C=C/C=C/C(O)CCCCCCCC(=O)O[C@H](COC(=O)CCCCCCCCCCc1oc(CCCCC)c(C)c1C)COP(=O)(O)OCCN. The van der Waals surface area contributed by atoms with Crippen molar-refractivity contribution in [1.29, 1.82) is 0 Å². The third kappa shape index (κ3) is 28.5. The normalized spacial score (nSPS) is 14.2. The third-order valence-electron chi connectivity index (χ3n) is 9.85. The van der Waals surface area contributed by atoms with Gasteiger partial charge in [0.1, 0.15) is 18.1 Å². The van der Waals surface area contributed by atoms with Crippen LogP contribution in [0.3, 0.4) is 0 Å². The Morgan fingerprint density at radius 2 is 1.32 bits per heavy atom. The van der Waals surface area contributed by atoms with Gasteiger partial charge in [0, 0.05) is 32.2 Å². The van der Waals surface area contributed by atoms with E-state index < -0.39 is 38.6 Å².